The molecule has 1 amide bonds. The molecule has 1 aliphatic heterocycles. The molecular weight excluding hydrogens is 264 g/mol. The van der Waals surface area contributed by atoms with Crippen LogP contribution >= 0.6 is 0 Å². The van der Waals surface area contributed by atoms with E-state index in [1.165, 1.54) is 11.3 Å². The van der Waals surface area contributed by atoms with E-state index in [9.17, 15) is 4.79 Å². The zero-order chi connectivity index (χ0) is 15.2. The Labute approximate surface area is 127 Å². The van der Waals surface area contributed by atoms with Gasteiger partial charge in [0.25, 0.3) is 0 Å². The SMILES string of the molecule is CCN(CCNC(=O)C1CC(C)NN1)c1cccc(C)c1. The summed E-state index contributed by atoms with van der Waals surface area (Å²) in [5.41, 5.74) is 8.56. The minimum Gasteiger partial charge on any atom is -0.370 e. The molecule has 1 aliphatic rings. The Morgan fingerprint density at radius 1 is 1.43 bits per heavy atom. The molecule has 0 spiro atoms. The van der Waals surface area contributed by atoms with Gasteiger partial charge in [-0.1, -0.05) is 12.1 Å². The van der Waals surface area contributed by atoms with E-state index < -0.39 is 0 Å². The number of hydrazine groups is 1. The van der Waals surface area contributed by atoms with Crippen molar-refractivity contribution in [1.82, 2.24) is 16.2 Å². The lowest BCUT2D eigenvalue weighted by molar-refractivity contribution is -0.122. The molecule has 0 bridgehead atoms. The van der Waals surface area contributed by atoms with Crippen LogP contribution in [0.3, 0.4) is 0 Å². The third kappa shape index (κ3) is 4.44. The first-order chi connectivity index (χ1) is 10.1. The van der Waals surface area contributed by atoms with Crippen LogP contribution < -0.4 is 21.1 Å². The largest absolute Gasteiger partial charge is 0.370 e. The molecule has 5 heteroatoms. The standard InChI is InChI=1S/C16H26N4O/c1-4-20(14-7-5-6-12(2)10-14)9-8-17-16(21)15-11-13(3)18-19-15/h5-7,10,13,15,18-19H,4,8-9,11H2,1-3H3,(H,17,21). The van der Waals surface area contributed by atoms with Crippen molar-refractivity contribution >= 4 is 11.6 Å². The molecule has 1 aromatic rings. The highest BCUT2D eigenvalue weighted by Gasteiger charge is 2.26. The molecule has 1 heterocycles. The van der Waals surface area contributed by atoms with Gasteiger partial charge in [0.05, 0.1) is 0 Å². The minimum absolute atomic E-state index is 0.0761. The Bertz CT molecular complexity index is 477. The first-order valence-corrected chi connectivity index (χ1v) is 7.70. The molecule has 3 N–H and O–H groups in total. The van der Waals surface area contributed by atoms with Crippen molar-refractivity contribution in [3.05, 3.63) is 29.8 Å². The Hall–Kier alpha value is -1.59. The molecule has 0 aromatic heterocycles. The number of hydrogen-bond donors (Lipinski definition) is 3. The maximum atomic E-state index is 12.0. The zero-order valence-electron chi connectivity index (χ0n) is 13.1. The summed E-state index contributed by atoms with van der Waals surface area (Å²) >= 11 is 0. The average Bonchev–Trinajstić information content (AvgIpc) is 2.90. The highest BCUT2D eigenvalue weighted by molar-refractivity contribution is 5.82. The minimum atomic E-state index is -0.117. The summed E-state index contributed by atoms with van der Waals surface area (Å²) in [4.78, 5) is 14.3. The lowest BCUT2D eigenvalue weighted by atomic mass is 10.1. The first-order valence-electron chi connectivity index (χ1n) is 7.70. The normalized spacial score (nSPS) is 21.3. The van der Waals surface area contributed by atoms with Crippen molar-refractivity contribution in [2.75, 3.05) is 24.5 Å². The van der Waals surface area contributed by atoms with Gasteiger partial charge in [-0.2, -0.15) is 0 Å². The fourth-order valence-corrected chi connectivity index (χ4v) is 2.62. The Balaban J connectivity index is 1.79. The molecule has 116 valence electrons. The molecule has 1 aromatic carbocycles. The second-order valence-electron chi connectivity index (χ2n) is 5.69. The number of carbonyl (C=O) groups excluding carboxylic acids is 1. The molecule has 2 unspecified atom stereocenters. The maximum Gasteiger partial charge on any atom is 0.238 e. The van der Waals surface area contributed by atoms with Gasteiger partial charge in [0.2, 0.25) is 5.91 Å². The van der Waals surface area contributed by atoms with E-state index >= 15 is 0 Å². The quantitative estimate of drug-likeness (QED) is 0.737. The summed E-state index contributed by atoms with van der Waals surface area (Å²) in [5, 5.41) is 3.01. The highest BCUT2D eigenvalue weighted by atomic mass is 16.2. The molecule has 5 nitrogen and oxygen atoms in total. The Kier molecular flexibility index (Phi) is 5.59. The number of nitrogens with zero attached hydrogens (tertiary/aromatic N) is 1. The summed E-state index contributed by atoms with van der Waals surface area (Å²) in [5.74, 6) is 0.0761. The van der Waals surface area contributed by atoms with Gasteiger partial charge in [0, 0.05) is 31.4 Å². The second kappa shape index (κ2) is 7.43. The smallest absolute Gasteiger partial charge is 0.238 e. The number of anilines is 1. The van der Waals surface area contributed by atoms with Crippen molar-refractivity contribution < 1.29 is 4.79 Å². The molecule has 0 saturated carbocycles. The maximum absolute atomic E-state index is 12.0. The van der Waals surface area contributed by atoms with Gasteiger partial charge in [-0.15, -0.1) is 0 Å². The predicted octanol–water partition coefficient (Wildman–Crippen LogP) is 1.19. The number of rotatable bonds is 6. The fourth-order valence-electron chi connectivity index (χ4n) is 2.62. The summed E-state index contributed by atoms with van der Waals surface area (Å²) in [6, 6.07) is 8.69. The predicted molar refractivity (Wildman–Crippen MR) is 86.2 cm³/mol. The number of carbonyl (C=O) groups is 1. The van der Waals surface area contributed by atoms with E-state index in [1.54, 1.807) is 0 Å². The number of aryl methyl sites for hydroxylation is 1. The van der Waals surface area contributed by atoms with Crippen LogP contribution in [0.2, 0.25) is 0 Å². The van der Waals surface area contributed by atoms with Crippen LogP contribution in [0.25, 0.3) is 0 Å². The van der Waals surface area contributed by atoms with Gasteiger partial charge in [0.15, 0.2) is 0 Å². The van der Waals surface area contributed by atoms with E-state index in [-0.39, 0.29) is 11.9 Å². The third-order valence-electron chi connectivity index (χ3n) is 3.84. The van der Waals surface area contributed by atoms with Crippen molar-refractivity contribution in [3.8, 4) is 0 Å². The van der Waals surface area contributed by atoms with Crippen molar-refractivity contribution in [1.29, 1.82) is 0 Å². The number of amides is 1. The van der Waals surface area contributed by atoms with Crippen LogP contribution in [0.1, 0.15) is 25.8 Å². The van der Waals surface area contributed by atoms with E-state index in [0.29, 0.717) is 12.6 Å². The fraction of sp³-hybridized carbons (Fsp3) is 0.562. The zero-order valence-corrected chi connectivity index (χ0v) is 13.1. The first kappa shape index (κ1) is 15.8. The van der Waals surface area contributed by atoms with Gasteiger partial charge in [-0.3, -0.25) is 10.2 Å². The topological polar surface area (TPSA) is 56.4 Å². The Morgan fingerprint density at radius 3 is 2.86 bits per heavy atom. The van der Waals surface area contributed by atoms with Crippen LogP contribution in [0.4, 0.5) is 5.69 Å². The molecule has 2 rings (SSSR count). The number of benzene rings is 1. The van der Waals surface area contributed by atoms with Gasteiger partial charge in [0.1, 0.15) is 6.04 Å². The second-order valence-corrected chi connectivity index (χ2v) is 5.69. The van der Waals surface area contributed by atoms with Crippen molar-refractivity contribution in [2.45, 2.75) is 39.3 Å². The van der Waals surface area contributed by atoms with Gasteiger partial charge < -0.3 is 10.2 Å². The lowest BCUT2D eigenvalue weighted by Crippen LogP contribution is -2.45. The van der Waals surface area contributed by atoms with Crippen molar-refractivity contribution in [2.24, 2.45) is 0 Å². The summed E-state index contributed by atoms with van der Waals surface area (Å²) in [6.45, 7) is 8.71. The lowest BCUT2D eigenvalue weighted by Gasteiger charge is -2.24. The summed E-state index contributed by atoms with van der Waals surface area (Å²) in [7, 11) is 0. The monoisotopic (exact) mass is 290 g/mol. The van der Waals surface area contributed by atoms with Crippen LogP contribution in [0.5, 0.6) is 0 Å². The van der Waals surface area contributed by atoms with Crippen LogP contribution in [-0.2, 0) is 4.79 Å². The van der Waals surface area contributed by atoms with E-state index in [1.807, 2.05) is 0 Å². The molecular formula is C16H26N4O. The number of likely N-dealkylation sites (N-methyl/N-ethyl adjacent to an activating group) is 1. The van der Waals surface area contributed by atoms with Gasteiger partial charge in [-0.05, 0) is 44.9 Å². The molecule has 1 saturated heterocycles. The number of nitrogens with one attached hydrogen (secondary N) is 3. The molecule has 0 aliphatic carbocycles. The molecule has 21 heavy (non-hydrogen) atoms. The van der Waals surface area contributed by atoms with Crippen molar-refractivity contribution in [3.63, 3.8) is 0 Å². The molecule has 1 fully saturated rings. The van der Waals surface area contributed by atoms with Crippen LogP contribution in [0.15, 0.2) is 24.3 Å². The number of hydrogen-bond acceptors (Lipinski definition) is 4. The Morgan fingerprint density at radius 2 is 2.24 bits per heavy atom. The average molecular weight is 290 g/mol. The summed E-state index contributed by atoms with van der Waals surface area (Å²) < 4.78 is 0. The van der Waals surface area contributed by atoms with Gasteiger partial charge >= 0.3 is 0 Å². The van der Waals surface area contributed by atoms with E-state index in [4.69, 9.17) is 0 Å². The van der Waals surface area contributed by atoms with Gasteiger partial charge in [-0.25, -0.2) is 5.43 Å². The third-order valence-corrected chi connectivity index (χ3v) is 3.84. The summed E-state index contributed by atoms with van der Waals surface area (Å²) in [6.07, 6.45) is 0.835. The highest BCUT2D eigenvalue weighted by Crippen LogP contribution is 2.15. The molecule has 2 atom stereocenters. The van der Waals surface area contributed by atoms with Crippen LogP contribution in [-0.4, -0.2) is 37.6 Å². The van der Waals surface area contributed by atoms with E-state index in [2.05, 4.69) is 66.1 Å². The molecule has 0 radical (unpaired) electrons. The van der Waals surface area contributed by atoms with E-state index in [0.717, 1.165) is 19.5 Å². The van der Waals surface area contributed by atoms with Crippen LogP contribution in [0, 0.1) is 6.92 Å².